The molecule has 0 aliphatic carbocycles. The molecule has 6 nitrogen and oxygen atoms in total. The van der Waals surface area contributed by atoms with Gasteiger partial charge in [0, 0.05) is 12.6 Å². The second-order valence-electron chi connectivity index (χ2n) is 6.86. The van der Waals surface area contributed by atoms with Gasteiger partial charge in [0.15, 0.2) is 5.60 Å². The number of halogens is 4. The van der Waals surface area contributed by atoms with E-state index in [1.54, 1.807) is 0 Å². The van der Waals surface area contributed by atoms with Crippen molar-refractivity contribution in [2.45, 2.75) is 31.5 Å². The van der Waals surface area contributed by atoms with Gasteiger partial charge in [0.2, 0.25) is 0 Å². The summed E-state index contributed by atoms with van der Waals surface area (Å²) < 4.78 is 53.2. The average Bonchev–Trinajstić information content (AvgIpc) is 2.65. The van der Waals surface area contributed by atoms with Gasteiger partial charge in [0.1, 0.15) is 17.6 Å². The molecule has 152 valence electrons. The first-order chi connectivity index (χ1) is 13.5. The highest BCUT2D eigenvalue weighted by atomic mass is 19.4. The van der Waals surface area contributed by atoms with Crippen LogP contribution < -0.4 is 4.90 Å². The molecule has 1 unspecified atom stereocenters. The maximum absolute atomic E-state index is 13.8. The Morgan fingerprint density at radius 2 is 1.97 bits per heavy atom. The zero-order chi connectivity index (χ0) is 21.6. The van der Waals surface area contributed by atoms with E-state index >= 15 is 0 Å². The third-order valence-corrected chi connectivity index (χ3v) is 4.95. The molecule has 1 atom stereocenters. The number of fused-ring (bicyclic) bond motifs is 1. The molecule has 0 radical (unpaired) electrons. The van der Waals surface area contributed by atoms with Crippen LogP contribution in [0.5, 0.6) is 0 Å². The van der Waals surface area contributed by atoms with Gasteiger partial charge in [-0.2, -0.15) is 18.4 Å². The Hall–Kier alpha value is -3.19. The summed E-state index contributed by atoms with van der Waals surface area (Å²) in [5.41, 5.74) is -3.92. The molecule has 0 spiro atoms. The third-order valence-electron chi connectivity index (χ3n) is 4.95. The molecule has 1 aliphatic rings. The van der Waals surface area contributed by atoms with E-state index in [4.69, 9.17) is 0 Å². The van der Waals surface area contributed by atoms with Crippen LogP contribution in [0.1, 0.15) is 30.0 Å². The zero-order valence-corrected chi connectivity index (χ0v) is 15.1. The molecule has 3 rings (SSSR count). The first-order valence-electron chi connectivity index (χ1n) is 8.55. The van der Waals surface area contributed by atoms with Crippen molar-refractivity contribution in [3.05, 3.63) is 63.0 Å². The standard InChI is InChI=1S/C19H15F4N3O3/c1-18(27,19(21,22)23)13-4-5-15(16(9-13)26(28)29)25-6-2-3-11-7-14(20)8-12(10-24)17(11)25/h4-5,7-9,27H,2-3,6H2,1H3. The maximum Gasteiger partial charge on any atom is 0.421 e. The number of nitrogens with zero attached hydrogens (tertiary/aromatic N) is 3. The van der Waals surface area contributed by atoms with Crippen molar-refractivity contribution in [1.82, 2.24) is 0 Å². The summed E-state index contributed by atoms with van der Waals surface area (Å²) in [6.07, 6.45) is -4.08. The number of aliphatic hydroxyl groups is 1. The molecule has 1 N–H and O–H groups in total. The highest BCUT2D eigenvalue weighted by Gasteiger charge is 2.51. The number of anilines is 2. The molecule has 0 bridgehead atoms. The molecule has 2 aromatic rings. The molecule has 0 saturated heterocycles. The van der Waals surface area contributed by atoms with Crippen LogP contribution in [0.3, 0.4) is 0 Å². The molecule has 0 amide bonds. The van der Waals surface area contributed by atoms with E-state index in [0.717, 1.165) is 18.2 Å². The van der Waals surface area contributed by atoms with Crippen LogP contribution in [0, 0.1) is 27.3 Å². The smallest absolute Gasteiger partial charge is 0.376 e. The van der Waals surface area contributed by atoms with E-state index in [1.807, 2.05) is 6.07 Å². The van der Waals surface area contributed by atoms with Crippen molar-refractivity contribution in [3.8, 4) is 6.07 Å². The third kappa shape index (κ3) is 3.49. The number of nitro groups is 1. The average molecular weight is 409 g/mol. The molecular formula is C19H15F4N3O3. The minimum atomic E-state index is -5.04. The SMILES string of the molecule is CC(O)(c1ccc(N2CCCc3cc(F)cc(C#N)c32)c([N+](=O)[O-])c1)C(F)(F)F. The summed E-state index contributed by atoms with van der Waals surface area (Å²) in [6.45, 7) is 0.766. The van der Waals surface area contributed by atoms with Crippen LogP contribution in [0.4, 0.5) is 34.6 Å². The van der Waals surface area contributed by atoms with E-state index < -0.39 is 33.8 Å². The second kappa shape index (κ2) is 7.00. The van der Waals surface area contributed by atoms with E-state index in [1.165, 1.54) is 11.0 Å². The molecule has 0 saturated carbocycles. The largest absolute Gasteiger partial charge is 0.421 e. The van der Waals surface area contributed by atoms with Gasteiger partial charge < -0.3 is 10.0 Å². The van der Waals surface area contributed by atoms with Gasteiger partial charge >= 0.3 is 6.18 Å². The van der Waals surface area contributed by atoms with Crippen LogP contribution in [-0.2, 0) is 12.0 Å². The number of nitriles is 1. The Morgan fingerprint density at radius 1 is 1.28 bits per heavy atom. The molecule has 1 aliphatic heterocycles. The summed E-state index contributed by atoms with van der Waals surface area (Å²) in [5, 5.41) is 30.8. The Bertz CT molecular complexity index is 1030. The number of hydrogen-bond acceptors (Lipinski definition) is 5. The van der Waals surface area contributed by atoms with Crippen molar-refractivity contribution < 1.29 is 27.6 Å². The van der Waals surface area contributed by atoms with E-state index in [0.29, 0.717) is 37.1 Å². The van der Waals surface area contributed by atoms with Gasteiger partial charge in [-0.25, -0.2) is 4.39 Å². The Morgan fingerprint density at radius 3 is 2.55 bits per heavy atom. The normalized spacial score (nSPS) is 16.0. The minimum Gasteiger partial charge on any atom is -0.376 e. The van der Waals surface area contributed by atoms with Gasteiger partial charge in [0.25, 0.3) is 5.69 Å². The van der Waals surface area contributed by atoms with Gasteiger partial charge in [-0.1, -0.05) is 6.07 Å². The zero-order valence-electron chi connectivity index (χ0n) is 15.1. The second-order valence-corrected chi connectivity index (χ2v) is 6.86. The lowest BCUT2D eigenvalue weighted by Gasteiger charge is -2.32. The first-order valence-corrected chi connectivity index (χ1v) is 8.55. The number of benzene rings is 2. The fourth-order valence-corrected chi connectivity index (χ4v) is 3.39. The van der Waals surface area contributed by atoms with E-state index in [-0.39, 0.29) is 17.8 Å². The van der Waals surface area contributed by atoms with Crippen LogP contribution in [-0.4, -0.2) is 22.8 Å². The lowest BCUT2D eigenvalue weighted by atomic mass is 9.93. The number of aryl methyl sites for hydroxylation is 1. The van der Waals surface area contributed by atoms with Crippen molar-refractivity contribution in [1.29, 1.82) is 5.26 Å². The molecule has 1 heterocycles. The van der Waals surface area contributed by atoms with Crippen LogP contribution >= 0.6 is 0 Å². The summed E-state index contributed by atoms with van der Waals surface area (Å²) in [4.78, 5) is 12.2. The number of alkyl halides is 3. The van der Waals surface area contributed by atoms with E-state index in [9.17, 15) is 38.0 Å². The van der Waals surface area contributed by atoms with Gasteiger partial charge in [-0.15, -0.1) is 0 Å². The summed E-state index contributed by atoms with van der Waals surface area (Å²) in [6, 6.07) is 6.83. The van der Waals surface area contributed by atoms with Crippen molar-refractivity contribution in [2.24, 2.45) is 0 Å². The van der Waals surface area contributed by atoms with Crippen LogP contribution in [0.15, 0.2) is 30.3 Å². The summed E-state index contributed by atoms with van der Waals surface area (Å²) in [7, 11) is 0. The first kappa shape index (κ1) is 20.5. The van der Waals surface area contributed by atoms with Crippen molar-refractivity contribution >= 4 is 17.1 Å². The molecule has 2 aromatic carbocycles. The highest BCUT2D eigenvalue weighted by molar-refractivity contribution is 5.79. The summed E-state index contributed by atoms with van der Waals surface area (Å²) in [5.74, 6) is -0.617. The Labute approximate surface area is 162 Å². The van der Waals surface area contributed by atoms with Crippen LogP contribution in [0.25, 0.3) is 0 Å². The Kier molecular flexibility index (Phi) is 4.96. The van der Waals surface area contributed by atoms with E-state index in [2.05, 4.69) is 0 Å². The molecule has 10 heteroatoms. The number of nitro benzene ring substituents is 1. The summed E-state index contributed by atoms with van der Waals surface area (Å²) >= 11 is 0. The number of rotatable bonds is 3. The lowest BCUT2D eigenvalue weighted by molar-refractivity contribution is -0.384. The Balaban J connectivity index is 2.20. The predicted octanol–water partition coefficient (Wildman–Crippen LogP) is 4.46. The molecular weight excluding hydrogens is 394 g/mol. The quantitative estimate of drug-likeness (QED) is 0.459. The maximum atomic E-state index is 13.8. The highest BCUT2D eigenvalue weighted by Crippen LogP contribution is 2.44. The molecule has 0 aromatic heterocycles. The van der Waals surface area contributed by atoms with Gasteiger partial charge in [-0.3, -0.25) is 10.1 Å². The fourth-order valence-electron chi connectivity index (χ4n) is 3.39. The number of hydrogen-bond donors (Lipinski definition) is 1. The van der Waals surface area contributed by atoms with Crippen molar-refractivity contribution in [3.63, 3.8) is 0 Å². The van der Waals surface area contributed by atoms with Crippen LogP contribution in [0.2, 0.25) is 0 Å². The monoisotopic (exact) mass is 409 g/mol. The lowest BCUT2D eigenvalue weighted by Crippen LogP contribution is -2.39. The molecule has 0 fully saturated rings. The topological polar surface area (TPSA) is 90.4 Å². The minimum absolute atomic E-state index is 0.0274. The van der Waals surface area contributed by atoms with Gasteiger partial charge in [0.05, 0.1) is 16.2 Å². The van der Waals surface area contributed by atoms with Gasteiger partial charge in [-0.05, 0) is 49.1 Å². The van der Waals surface area contributed by atoms with Crippen molar-refractivity contribution in [2.75, 3.05) is 11.4 Å². The predicted molar refractivity (Wildman–Crippen MR) is 95.2 cm³/mol. The molecule has 29 heavy (non-hydrogen) atoms. The fraction of sp³-hybridized carbons (Fsp3) is 0.316.